The molecule has 0 unspecified atom stereocenters. The fourth-order valence-electron chi connectivity index (χ4n) is 1.60. The van der Waals surface area contributed by atoms with Gasteiger partial charge in [-0.2, -0.15) is 0 Å². The minimum atomic E-state index is -0.503. The highest BCUT2D eigenvalue weighted by molar-refractivity contribution is 5.41. The molecule has 0 atom stereocenters. The molecule has 0 amide bonds. The van der Waals surface area contributed by atoms with Crippen molar-refractivity contribution in [3.63, 3.8) is 0 Å². The molecule has 0 saturated carbocycles. The van der Waals surface area contributed by atoms with Crippen molar-refractivity contribution in [3.05, 3.63) is 64.0 Å². The van der Waals surface area contributed by atoms with Gasteiger partial charge in [0, 0.05) is 24.2 Å². The lowest BCUT2D eigenvalue weighted by Gasteiger charge is -2.10. The molecule has 0 aliphatic rings. The Morgan fingerprint density at radius 3 is 2.47 bits per heavy atom. The lowest BCUT2D eigenvalue weighted by Crippen LogP contribution is -2.02. The first-order chi connectivity index (χ1) is 9.11. The Balaban J connectivity index is 2.26. The number of nitrogens with two attached hydrogens (primary N) is 1. The molecule has 0 fully saturated rings. The van der Waals surface area contributed by atoms with E-state index in [0.29, 0.717) is 11.5 Å². The molecule has 0 spiro atoms. The molecular weight excluding hydrogens is 251 g/mol. The Labute approximate surface area is 108 Å². The number of nitro groups is 1. The van der Waals surface area contributed by atoms with E-state index in [-0.39, 0.29) is 17.8 Å². The molecule has 0 aliphatic carbocycles. The molecule has 0 aliphatic heterocycles. The molecule has 2 aromatic rings. The van der Waals surface area contributed by atoms with Gasteiger partial charge in [0.1, 0.15) is 17.3 Å². The summed E-state index contributed by atoms with van der Waals surface area (Å²) in [6.45, 7) is 0.00892. The number of benzene rings is 2. The van der Waals surface area contributed by atoms with Gasteiger partial charge in [-0.3, -0.25) is 10.1 Å². The van der Waals surface area contributed by atoms with Gasteiger partial charge in [-0.15, -0.1) is 0 Å². The molecule has 0 aromatic heterocycles. The van der Waals surface area contributed by atoms with Gasteiger partial charge in [-0.05, 0) is 24.3 Å². The number of hydrogen-bond donors (Lipinski definition) is 1. The van der Waals surface area contributed by atoms with E-state index in [1.807, 2.05) is 0 Å². The van der Waals surface area contributed by atoms with Crippen molar-refractivity contribution < 1.29 is 14.1 Å². The summed E-state index contributed by atoms with van der Waals surface area (Å²) in [5.41, 5.74) is 5.69. The second-order valence-corrected chi connectivity index (χ2v) is 3.77. The maximum Gasteiger partial charge on any atom is 0.269 e. The summed E-state index contributed by atoms with van der Waals surface area (Å²) in [5.74, 6) is 0.240. The Morgan fingerprint density at radius 1 is 1.21 bits per heavy atom. The highest BCUT2D eigenvalue weighted by Gasteiger charge is 2.10. The van der Waals surface area contributed by atoms with Crippen LogP contribution < -0.4 is 10.5 Å². The van der Waals surface area contributed by atoms with E-state index in [1.165, 1.54) is 36.4 Å². The lowest BCUT2D eigenvalue weighted by molar-refractivity contribution is -0.384. The van der Waals surface area contributed by atoms with Crippen molar-refractivity contribution in [1.82, 2.24) is 0 Å². The fourth-order valence-corrected chi connectivity index (χ4v) is 1.60. The van der Waals surface area contributed by atoms with Crippen molar-refractivity contribution in [2.75, 3.05) is 0 Å². The van der Waals surface area contributed by atoms with Gasteiger partial charge in [0.25, 0.3) is 5.69 Å². The molecule has 0 bridgehead atoms. The van der Waals surface area contributed by atoms with Crippen molar-refractivity contribution in [2.24, 2.45) is 5.73 Å². The van der Waals surface area contributed by atoms with Gasteiger partial charge in [-0.25, -0.2) is 4.39 Å². The standard InChI is InChI=1S/C13H11FN2O3/c14-12-2-1-3-13(11(12)8-15)19-10-6-4-9(5-7-10)16(17)18/h1-7H,8,15H2. The first kappa shape index (κ1) is 13.0. The quantitative estimate of drug-likeness (QED) is 0.678. The maximum absolute atomic E-state index is 13.5. The Morgan fingerprint density at radius 2 is 1.89 bits per heavy atom. The molecule has 6 heteroatoms. The van der Waals surface area contributed by atoms with Gasteiger partial charge in [0.05, 0.1) is 4.92 Å². The third kappa shape index (κ3) is 2.86. The monoisotopic (exact) mass is 262 g/mol. The van der Waals surface area contributed by atoms with Crippen LogP contribution in [-0.2, 0) is 6.54 Å². The molecule has 5 nitrogen and oxygen atoms in total. The number of non-ortho nitro benzene ring substituents is 1. The number of hydrogen-bond acceptors (Lipinski definition) is 4. The summed E-state index contributed by atoms with van der Waals surface area (Å²) in [4.78, 5) is 10.0. The Bertz CT molecular complexity index is 599. The first-order valence-corrected chi connectivity index (χ1v) is 5.51. The van der Waals surface area contributed by atoms with Crippen LogP contribution in [0.5, 0.6) is 11.5 Å². The third-order valence-electron chi connectivity index (χ3n) is 2.56. The molecule has 0 heterocycles. The summed E-state index contributed by atoms with van der Waals surface area (Å²) in [5, 5.41) is 10.5. The molecule has 0 radical (unpaired) electrons. The number of nitrogens with zero attached hydrogens (tertiary/aromatic N) is 1. The van der Waals surface area contributed by atoms with Gasteiger partial charge in [0.2, 0.25) is 0 Å². The first-order valence-electron chi connectivity index (χ1n) is 5.51. The van der Waals surface area contributed by atoms with Crippen LogP contribution in [0.25, 0.3) is 0 Å². The van der Waals surface area contributed by atoms with Crippen LogP contribution in [0.3, 0.4) is 0 Å². The van der Waals surface area contributed by atoms with E-state index in [1.54, 1.807) is 6.07 Å². The molecule has 19 heavy (non-hydrogen) atoms. The zero-order valence-electron chi connectivity index (χ0n) is 9.88. The minimum absolute atomic E-state index is 0.00892. The van der Waals surface area contributed by atoms with Gasteiger partial charge < -0.3 is 10.5 Å². The summed E-state index contributed by atoms with van der Waals surface area (Å²) < 4.78 is 18.9. The lowest BCUT2D eigenvalue weighted by atomic mass is 10.2. The van der Waals surface area contributed by atoms with Crippen LogP contribution in [-0.4, -0.2) is 4.92 Å². The van der Waals surface area contributed by atoms with Crippen molar-refractivity contribution in [1.29, 1.82) is 0 Å². The van der Waals surface area contributed by atoms with E-state index < -0.39 is 10.7 Å². The van der Waals surface area contributed by atoms with E-state index in [4.69, 9.17) is 10.5 Å². The van der Waals surface area contributed by atoms with Gasteiger partial charge in [0.15, 0.2) is 0 Å². The predicted octanol–water partition coefficient (Wildman–Crippen LogP) is 2.98. The SMILES string of the molecule is NCc1c(F)cccc1Oc1ccc([N+](=O)[O-])cc1. The molecule has 2 N–H and O–H groups in total. The highest BCUT2D eigenvalue weighted by atomic mass is 19.1. The zero-order chi connectivity index (χ0) is 13.8. The largest absolute Gasteiger partial charge is 0.457 e. The van der Waals surface area contributed by atoms with Crippen molar-refractivity contribution in [2.45, 2.75) is 6.54 Å². The molecular formula is C13H11FN2O3. The zero-order valence-corrected chi connectivity index (χ0v) is 9.88. The second-order valence-electron chi connectivity index (χ2n) is 3.77. The average molecular weight is 262 g/mol. The normalized spacial score (nSPS) is 10.2. The van der Waals surface area contributed by atoms with Gasteiger partial charge in [-0.1, -0.05) is 6.07 Å². The molecule has 0 saturated heterocycles. The Hall–Kier alpha value is -2.47. The van der Waals surface area contributed by atoms with Crippen LogP contribution in [0, 0.1) is 15.9 Å². The number of ether oxygens (including phenoxy) is 1. The summed E-state index contributed by atoms with van der Waals surface area (Å²) >= 11 is 0. The van der Waals surface area contributed by atoms with Gasteiger partial charge >= 0.3 is 0 Å². The third-order valence-corrected chi connectivity index (χ3v) is 2.56. The van der Waals surface area contributed by atoms with Crippen molar-refractivity contribution >= 4 is 5.69 Å². The highest BCUT2D eigenvalue weighted by Crippen LogP contribution is 2.28. The summed E-state index contributed by atoms with van der Waals surface area (Å²) in [6.07, 6.45) is 0. The maximum atomic E-state index is 13.5. The average Bonchev–Trinajstić information content (AvgIpc) is 2.39. The van der Waals surface area contributed by atoms with Crippen LogP contribution in [0.1, 0.15) is 5.56 Å². The Kier molecular flexibility index (Phi) is 3.72. The van der Waals surface area contributed by atoms with E-state index in [2.05, 4.69) is 0 Å². The van der Waals surface area contributed by atoms with E-state index in [9.17, 15) is 14.5 Å². The summed E-state index contributed by atoms with van der Waals surface area (Å²) in [6, 6.07) is 9.92. The minimum Gasteiger partial charge on any atom is -0.457 e. The fraction of sp³-hybridized carbons (Fsp3) is 0.0769. The topological polar surface area (TPSA) is 78.4 Å². The van der Waals surface area contributed by atoms with E-state index in [0.717, 1.165) is 0 Å². The molecule has 98 valence electrons. The molecule has 2 aromatic carbocycles. The second kappa shape index (κ2) is 5.45. The van der Waals surface area contributed by atoms with Crippen LogP contribution in [0.2, 0.25) is 0 Å². The van der Waals surface area contributed by atoms with E-state index >= 15 is 0 Å². The number of rotatable bonds is 4. The van der Waals surface area contributed by atoms with Crippen LogP contribution in [0.15, 0.2) is 42.5 Å². The predicted molar refractivity (Wildman–Crippen MR) is 67.5 cm³/mol. The smallest absolute Gasteiger partial charge is 0.269 e. The number of halogens is 1. The van der Waals surface area contributed by atoms with Crippen molar-refractivity contribution in [3.8, 4) is 11.5 Å². The van der Waals surface area contributed by atoms with Crippen LogP contribution >= 0.6 is 0 Å². The number of nitro benzene ring substituents is 1. The summed E-state index contributed by atoms with van der Waals surface area (Å²) in [7, 11) is 0. The molecule has 2 rings (SSSR count). The van der Waals surface area contributed by atoms with Crippen LogP contribution in [0.4, 0.5) is 10.1 Å².